The van der Waals surface area contributed by atoms with Crippen molar-refractivity contribution in [3.8, 4) is 0 Å². The molecule has 1 aromatic heterocycles. The van der Waals surface area contributed by atoms with E-state index in [1.165, 1.54) is 19.3 Å². The summed E-state index contributed by atoms with van der Waals surface area (Å²) in [7, 11) is 0. The highest BCUT2D eigenvalue weighted by Gasteiger charge is 2.44. The quantitative estimate of drug-likeness (QED) is 0.928. The van der Waals surface area contributed by atoms with Gasteiger partial charge >= 0.3 is 0 Å². The van der Waals surface area contributed by atoms with Gasteiger partial charge in [-0.2, -0.15) is 5.10 Å². The maximum absolute atomic E-state index is 11.1. The summed E-state index contributed by atoms with van der Waals surface area (Å²) >= 11 is 3.56. The standard InChI is InChI=1S/C14H21BrN2O/c1-2-17-13(12(15)9-16-17)14(18)7-3-4-11(8-14)10-5-6-10/h9-11,18H,2-8H2,1H3. The van der Waals surface area contributed by atoms with Gasteiger partial charge in [0.2, 0.25) is 0 Å². The Bertz CT molecular complexity index is 441. The molecule has 0 spiro atoms. The topological polar surface area (TPSA) is 38.0 Å². The van der Waals surface area contributed by atoms with Crippen molar-refractivity contribution in [1.82, 2.24) is 9.78 Å². The van der Waals surface area contributed by atoms with E-state index in [0.29, 0.717) is 0 Å². The number of aromatic nitrogens is 2. The van der Waals surface area contributed by atoms with E-state index in [2.05, 4.69) is 28.0 Å². The van der Waals surface area contributed by atoms with Crippen LogP contribution >= 0.6 is 15.9 Å². The minimum atomic E-state index is -0.670. The molecule has 0 amide bonds. The van der Waals surface area contributed by atoms with E-state index in [0.717, 1.165) is 47.8 Å². The summed E-state index contributed by atoms with van der Waals surface area (Å²) < 4.78 is 2.91. The highest BCUT2D eigenvalue weighted by Crippen LogP contribution is 2.50. The fourth-order valence-electron chi connectivity index (χ4n) is 3.54. The summed E-state index contributed by atoms with van der Waals surface area (Å²) in [4.78, 5) is 0. The van der Waals surface area contributed by atoms with E-state index in [4.69, 9.17) is 0 Å². The second-order valence-corrected chi connectivity index (χ2v) is 6.74. The Labute approximate surface area is 117 Å². The average Bonchev–Trinajstić information content (AvgIpc) is 3.12. The number of hydrogen-bond acceptors (Lipinski definition) is 2. The molecule has 3 rings (SSSR count). The lowest BCUT2D eigenvalue weighted by molar-refractivity contribution is -0.0328. The second kappa shape index (κ2) is 4.64. The van der Waals surface area contributed by atoms with Crippen LogP contribution in [0.4, 0.5) is 0 Å². The molecule has 0 aliphatic heterocycles. The van der Waals surface area contributed by atoms with Crippen molar-refractivity contribution in [2.45, 2.75) is 57.6 Å². The first-order chi connectivity index (χ1) is 8.64. The fourth-order valence-corrected chi connectivity index (χ4v) is 4.21. The third kappa shape index (κ3) is 2.14. The molecule has 1 heterocycles. The van der Waals surface area contributed by atoms with E-state index in [1.807, 2.05) is 10.9 Å². The molecular formula is C14H21BrN2O. The summed E-state index contributed by atoms with van der Waals surface area (Å²) in [6, 6.07) is 0. The van der Waals surface area contributed by atoms with Crippen molar-refractivity contribution in [2.24, 2.45) is 11.8 Å². The van der Waals surface area contributed by atoms with Gasteiger partial charge in [-0.25, -0.2) is 0 Å². The largest absolute Gasteiger partial charge is 0.384 e. The van der Waals surface area contributed by atoms with Gasteiger partial charge in [0.15, 0.2) is 0 Å². The first-order valence-electron chi connectivity index (χ1n) is 7.08. The Hall–Kier alpha value is -0.350. The van der Waals surface area contributed by atoms with Crippen LogP contribution in [0.1, 0.15) is 51.1 Å². The Morgan fingerprint density at radius 3 is 2.89 bits per heavy atom. The SMILES string of the molecule is CCn1ncc(Br)c1C1(O)CCCC(C2CC2)C1. The third-order valence-corrected chi connectivity index (χ3v) is 5.17. The molecule has 2 aliphatic carbocycles. The van der Waals surface area contributed by atoms with E-state index in [-0.39, 0.29) is 0 Å². The molecule has 3 nitrogen and oxygen atoms in total. The van der Waals surface area contributed by atoms with E-state index < -0.39 is 5.60 Å². The number of rotatable bonds is 3. The third-order valence-electron chi connectivity index (χ3n) is 4.59. The fraction of sp³-hybridized carbons (Fsp3) is 0.786. The normalized spacial score (nSPS) is 32.7. The summed E-state index contributed by atoms with van der Waals surface area (Å²) in [5, 5.41) is 15.4. The van der Waals surface area contributed by atoms with Crippen LogP contribution in [0.5, 0.6) is 0 Å². The molecule has 1 aromatic rings. The molecule has 2 aliphatic rings. The second-order valence-electron chi connectivity index (χ2n) is 5.88. The first kappa shape index (κ1) is 12.7. The van der Waals surface area contributed by atoms with Crippen molar-refractivity contribution in [3.05, 3.63) is 16.4 Å². The average molecular weight is 313 g/mol. The molecule has 1 N–H and O–H groups in total. The summed E-state index contributed by atoms with van der Waals surface area (Å²) in [6.07, 6.45) is 8.79. The van der Waals surface area contributed by atoms with Gasteiger partial charge in [0.05, 0.1) is 16.4 Å². The molecule has 0 saturated heterocycles. The molecule has 2 atom stereocenters. The lowest BCUT2D eigenvalue weighted by Crippen LogP contribution is -2.36. The van der Waals surface area contributed by atoms with Crippen molar-refractivity contribution in [3.63, 3.8) is 0 Å². The molecule has 0 radical (unpaired) electrons. The molecule has 2 fully saturated rings. The molecular weight excluding hydrogens is 292 g/mol. The Morgan fingerprint density at radius 1 is 1.44 bits per heavy atom. The molecule has 2 unspecified atom stereocenters. The zero-order valence-electron chi connectivity index (χ0n) is 10.9. The van der Waals surface area contributed by atoms with Crippen molar-refractivity contribution in [2.75, 3.05) is 0 Å². The minimum Gasteiger partial charge on any atom is -0.384 e. The Kier molecular flexibility index (Phi) is 3.27. The van der Waals surface area contributed by atoms with Crippen LogP contribution in [0.15, 0.2) is 10.7 Å². The molecule has 0 aromatic carbocycles. The zero-order valence-corrected chi connectivity index (χ0v) is 12.5. The maximum atomic E-state index is 11.1. The smallest absolute Gasteiger partial charge is 0.108 e. The van der Waals surface area contributed by atoms with Gasteiger partial charge in [0.25, 0.3) is 0 Å². The van der Waals surface area contributed by atoms with Crippen LogP contribution in [-0.4, -0.2) is 14.9 Å². The van der Waals surface area contributed by atoms with Gasteiger partial charge in [-0.3, -0.25) is 4.68 Å². The van der Waals surface area contributed by atoms with E-state index >= 15 is 0 Å². The van der Waals surface area contributed by atoms with Gasteiger partial charge < -0.3 is 5.11 Å². The number of halogens is 1. The summed E-state index contributed by atoms with van der Waals surface area (Å²) in [6.45, 7) is 2.89. The highest BCUT2D eigenvalue weighted by molar-refractivity contribution is 9.10. The zero-order chi connectivity index (χ0) is 12.8. The molecule has 0 bridgehead atoms. The van der Waals surface area contributed by atoms with Gasteiger partial charge in [-0.1, -0.05) is 0 Å². The number of hydrogen-bond donors (Lipinski definition) is 1. The van der Waals surface area contributed by atoms with E-state index in [9.17, 15) is 5.11 Å². The molecule has 2 saturated carbocycles. The van der Waals surface area contributed by atoms with Crippen LogP contribution in [0, 0.1) is 11.8 Å². The van der Waals surface area contributed by atoms with Crippen molar-refractivity contribution >= 4 is 15.9 Å². The minimum absolute atomic E-state index is 0.670. The lowest BCUT2D eigenvalue weighted by atomic mass is 9.74. The summed E-state index contributed by atoms with van der Waals surface area (Å²) in [5.74, 6) is 1.60. The van der Waals surface area contributed by atoms with Crippen LogP contribution in [-0.2, 0) is 12.1 Å². The molecule has 4 heteroatoms. The molecule has 100 valence electrons. The Morgan fingerprint density at radius 2 is 2.22 bits per heavy atom. The van der Waals surface area contributed by atoms with Crippen LogP contribution in [0.25, 0.3) is 0 Å². The summed E-state index contributed by atoms with van der Waals surface area (Å²) in [5.41, 5.74) is 0.326. The predicted octanol–water partition coefficient (Wildman–Crippen LogP) is 3.45. The predicted molar refractivity (Wildman–Crippen MR) is 74.2 cm³/mol. The van der Waals surface area contributed by atoms with Crippen molar-refractivity contribution in [1.29, 1.82) is 0 Å². The first-order valence-corrected chi connectivity index (χ1v) is 7.87. The lowest BCUT2D eigenvalue weighted by Gasteiger charge is -2.37. The van der Waals surface area contributed by atoms with Gasteiger partial charge in [0.1, 0.15) is 5.60 Å². The number of aryl methyl sites for hydroxylation is 1. The van der Waals surface area contributed by atoms with E-state index in [1.54, 1.807) is 0 Å². The van der Waals surface area contributed by atoms with Crippen LogP contribution in [0.2, 0.25) is 0 Å². The Balaban J connectivity index is 1.90. The number of nitrogens with zero attached hydrogens (tertiary/aromatic N) is 2. The maximum Gasteiger partial charge on any atom is 0.108 e. The van der Waals surface area contributed by atoms with Crippen LogP contribution in [0.3, 0.4) is 0 Å². The highest BCUT2D eigenvalue weighted by atomic mass is 79.9. The van der Waals surface area contributed by atoms with Gasteiger partial charge in [0, 0.05) is 6.54 Å². The number of aliphatic hydroxyl groups is 1. The van der Waals surface area contributed by atoms with Crippen LogP contribution < -0.4 is 0 Å². The monoisotopic (exact) mass is 312 g/mol. The van der Waals surface area contributed by atoms with Gasteiger partial charge in [-0.05, 0) is 73.2 Å². The van der Waals surface area contributed by atoms with Crippen molar-refractivity contribution < 1.29 is 5.11 Å². The van der Waals surface area contributed by atoms with Gasteiger partial charge in [-0.15, -0.1) is 0 Å². The molecule has 18 heavy (non-hydrogen) atoms.